The highest BCUT2D eigenvalue weighted by Crippen LogP contribution is 2.45. The largest absolute Gasteiger partial charge is 0.369 e. The van der Waals surface area contributed by atoms with Crippen molar-refractivity contribution in [3.8, 4) is 0 Å². The standard InChI is InChI=1S/C22H30ClN9O/c1-30-4-6-31(7-5-30)8-9-32-13-16(11-26-32)27-22-25-12-17(23)21(29-22)28-19-15-3-2-14(10-15)18(19)20(24)33/h2-3,11-15,18-19H,4-10H2,1H3,(H2,24,33)(H2,25,27,28,29)/t14-,15+,18+,19-/m0/s1. The lowest BCUT2D eigenvalue weighted by atomic mass is 9.88. The maximum absolute atomic E-state index is 12.0. The molecule has 5 rings (SSSR count). The number of piperazine rings is 1. The number of carbonyl (C=O) groups excluding carboxylic acids is 1. The molecule has 3 heterocycles. The average molecular weight is 472 g/mol. The molecule has 10 nitrogen and oxygen atoms in total. The summed E-state index contributed by atoms with van der Waals surface area (Å²) in [6.45, 7) is 6.19. The van der Waals surface area contributed by atoms with Gasteiger partial charge in [0, 0.05) is 45.0 Å². The van der Waals surface area contributed by atoms with Gasteiger partial charge in [0.2, 0.25) is 11.9 Å². The minimum atomic E-state index is -0.295. The van der Waals surface area contributed by atoms with Crippen LogP contribution in [0.5, 0.6) is 0 Å². The molecule has 0 aromatic carbocycles. The van der Waals surface area contributed by atoms with Crippen molar-refractivity contribution in [2.24, 2.45) is 23.5 Å². The Morgan fingerprint density at radius 1 is 1.18 bits per heavy atom. The Balaban J connectivity index is 1.21. The zero-order valence-electron chi connectivity index (χ0n) is 18.7. The van der Waals surface area contributed by atoms with Crippen LogP contribution in [0.4, 0.5) is 17.5 Å². The topological polar surface area (TPSA) is 117 Å². The predicted molar refractivity (Wildman–Crippen MR) is 127 cm³/mol. The van der Waals surface area contributed by atoms with Gasteiger partial charge in [-0.1, -0.05) is 23.8 Å². The molecule has 176 valence electrons. The van der Waals surface area contributed by atoms with E-state index in [9.17, 15) is 4.79 Å². The van der Waals surface area contributed by atoms with Crippen LogP contribution in [-0.4, -0.2) is 81.3 Å². The van der Waals surface area contributed by atoms with Crippen molar-refractivity contribution < 1.29 is 4.79 Å². The molecule has 33 heavy (non-hydrogen) atoms. The summed E-state index contributed by atoms with van der Waals surface area (Å²) in [6.07, 6.45) is 10.4. The lowest BCUT2D eigenvalue weighted by molar-refractivity contribution is -0.122. The number of hydrogen-bond acceptors (Lipinski definition) is 8. The summed E-state index contributed by atoms with van der Waals surface area (Å²) in [5, 5.41) is 11.4. The minimum Gasteiger partial charge on any atom is -0.369 e. The van der Waals surface area contributed by atoms with Gasteiger partial charge in [0.05, 0.1) is 30.5 Å². The second kappa shape index (κ2) is 9.28. The number of carbonyl (C=O) groups is 1. The van der Waals surface area contributed by atoms with Gasteiger partial charge in [-0.2, -0.15) is 10.1 Å². The molecule has 4 atom stereocenters. The molecule has 2 bridgehead atoms. The summed E-state index contributed by atoms with van der Waals surface area (Å²) in [5.74, 6) is 0.773. The number of nitrogens with one attached hydrogen (secondary N) is 2. The number of nitrogens with zero attached hydrogens (tertiary/aromatic N) is 6. The first-order valence-corrected chi connectivity index (χ1v) is 11.8. The average Bonchev–Trinajstić information content (AvgIpc) is 3.52. The summed E-state index contributed by atoms with van der Waals surface area (Å²) >= 11 is 6.36. The van der Waals surface area contributed by atoms with Gasteiger partial charge in [-0.25, -0.2) is 4.98 Å². The Labute approximate surface area is 198 Å². The molecular formula is C22H30ClN9O. The van der Waals surface area contributed by atoms with Gasteiger partial charge in [0.25, 0.3) is 0 Å². The van der Waals surface area contributed by atoms with Crippen LogP contribution < -0.4 is 16.4 Å². The molecule has 4 N–H and O–H groups in total. The molecule has 2 aliphatic carbocycles. The van der Waals surface area contributed by atoms with Crippen LogP contribution in [-0.2, 0) is 11.3 Å². The molecule has 11 heteroatoms. The normalized spacial score (nSPS) is 27.2. The smallest absolute Gasteiger partial charge is 0.229 e. The van der Waals surface area contributed by atoms with Crippen LogP contribution in [0, 0.1) is 17.8 Å². The summed E-state index contributed by atoms with van der Waals surface area (Å²) in [5.41, 5.74) is 6.48. The van der Waals surface area contributed by atoms with Crippen LogP contribution in [0.3, 0.4) is 0 Å². The van der Waals surface area contributed by atoms with Gasteiger partial charge >= 0.3 is 0 Å². The van der Waals surface area contributed by atoms with Crippen molar-refractivity contribution in [3.05, 3.63) is 35.8 Å². The Bertz CT molecular complexity index is 1030. The van der Waals surface area contributed by atoms with E-state index in [0.717, 1.165) is 51.4 Å². The van der Waals surface area contributed by atoms with Gasteiger partial charge in [0.15, 0.2) is 5.82 Å². The molecule has 1 saturated heterocycles. The van der Waals surface area contributed by atoms with Gasteiger partial charge < -0.3 is 21.3 Å². The van der Waals surface area contributed by atoms with Crippen LogP contribution >= 0.6 is 11.6 Å². The van der Waals surface area contributed by atoms with E-state index in [-0.39, 0.29) is 29.7 Å². The zero-order chi connectivity index (χ0) is 22.9. The lowest BCUT2D eigenvalue weighted by Crippen LogP contribution is -2.45. The SMILES string of the molecule is CN1CCN(CCn2cc(Nc3ncc(Cl)c(N[C@@H]4[C@H](C(N)=O)[C@H]5C=C[C@@H]4C5)n3)cn2)CC1. The number of nitrogens with two attached hydrogens (primary N) is 1. The summed E-state index contributed by atoms with van der Waals surface area (Å²) in [6, 6.07) is -0.116. The Hall–Kier alpha value is -2.69. The Kier molecular flexibility index (Phi) is 6.22. The second-order valence-electron chi connectivity index (χ2n) is 9.20. The van der Waals surface area contributed by atoms with Crippen molar-refractivity contribution >= 4 is 35.0 Å². The van der Waals surface area contributed by atoms with Crippen LogP contribution in [0.1, 0.15) is 6.42 Å². The van der Waals surface area contributed by atoms with E-state index < -0.39 is 0 Å². The Morgan fingerprint density at radius 2 is 1.97 bits per heavy atom. The molecule has 2 fully saturated rings. The Morgan fingerprint density at radius 3 is 2.76 bits per heavy atom. The number of rotatable bonds is 8. The first kappa shape index (κ1) is 22.1. The third-order valence-corrected chi connectivity index (χ3v) is 7.24. The minimum absolute atomic E-state index is 0.116. The number of hydrogen-bond donors (Lipinski definition) is 3. The fourth-order valence-electron chi connectivity index (χ4n) is 5.09. The molecule has 1 amide bonds. The molecule has 1 saturated carbocycles. The van der Waals surface area contributed by atoms with Crippen molar-refractivity contribution in [2.75, 3.05) is 50.4 Å². The number of amides is 1. The highest BCUT2D eigenvalue weighted by Gasteiger charge is 2.47. The fourth-order valence-corrected chi connectivity index (χ4v) is 5.23. The van der Waals surface area contributed by atoms with E-state index in [1.54, 1.807) is 12.4 Å². The first-order chi connectivity index (χ1) is 16.0. The number of fused-ring (bicyclic) bond motifs is 2. The van der Waals surface area contributed by atoms with Crippen LogP contribution in [0.25, 0.3) is 0 Å². The molecule has 0 radical (unpaired) electrons. The van der Waals surface area contributed by atoms with E-state index in [0.29, 0.717) is 16.8 Å². The monoisotopic (exact) mass is 471 g/mol. The highest BCUT2D eigenvalue weighted by atomic mass is 35.5. The predicted octanol–water partition coefficient (Wildman–Crippen LogP) is 1.41. The number of aromatic nitrogens is 4. The molecular weight excluding hydrogens is 442 g/mol. The number of likely N-dealkylation sites (N-methyl/N-ethyl adjacent to an activating group) is 1. The van der Waals surface area contributed by atoms with E-state index in [4.69, 9.17) is 17.3 Å². The second-order valence-corrected chi connectivity index (χ2v) is 9.61. The quantitative estimate of drug-likeness (QED) is 0.495. The van der Waals surface area contributed by atoms with Crippen molar-refractivity contribution in [2.45, 2.75) is 19.0 Å². The van der Waals surface area contributed by atoms with Crippen LogP contribution in [0.2, 0.25) is 5.02 Å². The number of allylic oxidation sites excluding steroid dienone is 1. The van der Waals surface area contributed by atoms with Crippen LogP contribution in [0.15, 0.2) is 30.7 Å². The summed E-state index contributed by atoms with van der Waals surface area (Å²) in [4.78, 5) is 25.7. The molecule has 2 aromatic rings. The van der Waals surface area contributed by atoms with Crippen molar-refractivity contribution in [1.29, 1.82) is 0 Å². The van der Waals surface area contributed by atoms with Gasteiger partial charge in [-0.15, -0.1) is 0 Å². The molecule has 0 spiro atoms. The van der Waals surface area contributed by atoms with E-state index >= 15 is 0 Å². The van der Waals surface area contributed by atoms with Crippen molar-refractivity contribution in [1.82, 2.24) is 29.5 Å². The maximum atomic E-state index is 12.0. The maximum Gasteiger partial charge on any atom is 0.229 e. The third-order valence-electron chi connectivity index (χ3n) is 6.97. The number of anilines is 3. The molecule has 2 aromatic heterocycles. The summed E-state index contributed by atoms with van der Waals surface area (Å²) in [7, 11) is 2.16. The third kappa shape index (κ3) is 4.83. The van der Waals surface area contributed by atoms with E-state index in [1.165, 1.54) is 0 Å². The van der Waals surface area contributed by atoms with Crippen molar-refractivity contribution in [3.63, 3.8) is 0 Å². The number of primary amides is 1. The van der Waals surface area contributed by atoms with E-state index in [2.05, 4.69) is 54.7 Å². The molecule has 1 aliphatic heterocycles. The van der Waals surface area contributed by atoms with Gasteiger partial charge in [-0.05, 0) is 25.3 Å². The van der Waals surface area contributed by atoms with Gasteiger partial charge in [0.1, 0.15) is 5.02 Å². The highest BCUT2D eigenvalue weighted by molar-refractivity contribution is 6.32. The molecule has 0 unspecified atom stereocenters. The number of halogens is 1. The van der Waals surface area contributed by atoms with E-state index in [1.807, 2.05) is 10.9 Å². The fraction of sp³-hybridized carbons (Fsp3) is 0.545. The summed E-state index contributed by atoms with van der Waals surface area (Å²) < 4.78 is 1.93. The zero-order valence-corrected chi connectivity index (χ0v) is 19.4. The first-order valence-electron chi connectivity index (χ1n) is 11.4. The lowest BCUT2D eigenvalue weighted by Gasteiger charge is -2.32. The van der Waals surface area contributed by atoms with Gasteiger partial charge in [-0.3, -0.25) is 14.4 Å². The molecule has 3 aliphatic rings.